The van der Waals surface area contributed by atoms with Gasteiger partial charge in [0.25, 0.3) is 0 Å². The Morgan fingerprint density at radius 1 is 1.20 bits per heavy atom. The number of nitrogens with one attached hydrogen (secondary N) is 1. The van der Waals surface area contributed by atoms with E-state index < -0.39 is 0 Å². The van der Waals surface area contributed by atoms with E-state index in [9.17, 15) is 4.79 Å². The molecule has 0 aliphatic heterocycles. The lowest BCUT2D eigenvalue weighted by molar-refractivity contribution is -0.131. The lowest BCUT2D eigenvalue weighted by Gasteiger charge is -2.30. The van der Waals surface area contributed by atoms with Gasteiger partial charge < -0.3 is 11.1 Å². The van der Waals surface area contributed by atoms with E-state index in [2.05, 4.69) is 5.32 Å². The minimum absolute atomic E-state index is 0.0850. The predicted octanol–water partition coefficient (Wildman–Crippen LogP) is 3.26. The molecule has 20 heavy (non-hydrogen) atoms. The minimum Gasteiger partial charge on any atom is -0.351 e. The van der Waals surface area contributed by atoms with Gasteiger partial charge in [-0.2, -0.15) is 0 Å². The van der Waals surface area contributed by atoms with Crippen molar-refractivity contribution in [2.45, 2.75) is 45.1 Å². The maximum absolute atomic E-state index is 12.6. The molecule has 3 N–H and O–H groups in total. The number of amides is 1. The monoisotopic (exact) mass is 294 g/mol. The summed E-state index contributed by atoms with van der Waals surface area (Å²) in [6, 6.07) is 7.59. The zero-order chi connectivity index (χ0) is 14.4. The van der Waals surface area contributed by atoms with Gasteiger partial charge in [-0.25, -0.2) is 0 Å². The molecule has 2 rings (SSSR count). The first-order valence-corrected chi connectivity index (χ1v) is 7.77. The van der Waals surface area contributed by atoms with E-state index in [0.717, 1.165) is 31.2 Å². The van der Waals surface area contributed by atoms with Gasteiger partial charge in [0.15, 0.2) is 0 Å². The highest BCUT2D eigenvalue weighted by Crippen LogP contribution is 2.34. The SMILES string of the molecule is NCC1(C(=O)NCc2ccccc2Cl)CCCCCC1. The van der Waals surface area contributed by atoms with Crippen molar-refractivity contribution in [3.63, 3.8) is 0 Å². The second kappa shape index (κ2) is 7.09. The summed E-state index contributed by atoms with van der Waals surface area (Å²) < 4.78 is 0. The third-order valence-corrected chi connectivity index (χ3v) is 4.70. The molecule has 1 saturated carbocycles. The lowest BCUT2D eigenvalue weighted by atomic mass is 9.79. The van der Waals surface area contributed by atoms with Crippen LogP contribution in [0.1, 0.15) is 44.1 Å². The molecule has 4 heteroatoms. The number of carbonyl (C=O) groups is 1. The van der Waals surface area contributed by atoms with Gasteiger partial charge in [-0.05, 0) is 24.5 Å². The third-order valence-electron chi connectivity index (χ3n) is 4.33. The standard InChI is InChI=1S/C16H23ClN2O/c17-14-8-4-3-7-13(14)11-19-15(20)16(12-18)9-5-1-2-6-10-16/h3-4,7-8H,1-2,5-6,9-12,18H2,(H,19,20). The van der Waals surface area contributed by atoms with Crippen molar-refractivity contribution in [2.75, 3.05) is 6.54 Å². The van der Waals surface area contributed by atoms with Crippen LogP contribution in [0, 0.1) is 5.41 Å². The predicted molar refractivity (Wildman–Crippen MR) is 82.5 cm³/mol. The van der Waals surface area contributed by atoms with Crippen molar-refractivity contribution in [1.82, 2.24) is 5.32 Å². The molecular formula is C16H23ClN2O. The summed E-state index contributed by atoms with van der Waals surface area (Å²) >= 11 is 6.11. The number of carbonyl (C=O) groups excluding carboxylic acids is 1. The van der Waals surface area contributed by atoms with Crippen LogP contribution in [-0.4, -0.2) is 12.5 Å². The number of hydrogen-bond acceptors (Lipinski definition) is 2. The smallest absolute Gasteiger partial charge is 0.227 e. The Balaban J connectivity index is 2.00. The second-order valence-electron chi connectivity index (χ2n) is 5.67. The first-order valence-electron chi connectivity index (χ1n) is 7.40. The molecule has 1 aromatic carbocycles. The van der Waals surface area contributed by atoms with Gasteiger partial charge in [-0.3, -0.25) is 4.79 Å². The van der Waals surface area contributed by atoms with Crippen LogP contribution < -0.4 is 11.1 Å². The van der Waals surface area contributed by atoms with E-state index in [1.54, 1.807) is 0 Å². The van der Waals surface area contributed by atoms with Crippen molar-refractivity contribution in [3.8, 4) is 0 Å². The molecule has 0 atom stereocenters. The van der Waals surface area contributed by atoms with Crippen LogP contribution in [0.5, 0.6) is 0 Å². The van der Waals surface area contributed by atoms with Gasteiger partial charge in [0.2, 0.25) is 5.91 Å². The molecule has 0 heterocycles. The Hall–Kier alpha value is -1.06. The Kier molecular flexibility index (Phi) is 5.44. The van der Waals surface area contributed by atoms with Crippen LogP contribution in [0.25, 0.3) is 0 Å². The van der Waals surface area contributed by atoms with Gasteiger partial charge in [-0.15, -0.1) is 0 Å². The number of halogens is 1. The fourth-order valence-electron chi connectivity index (χ4n) is 2.93. The van der Waals surface area contributed by atoms with Gasteiger partial charge >= 0.3 is 0 Å². The van der Waals surface area contributed by atoms with E-state index in [1.165, 1.54) is 12.8 Å². The van der Waals surface area contributed by atoms with E-state index in [-0.39, 0.29) is 11.3 Å². The van der Waals surface area contributed by atoms with Crippen LogP contribution in [0.3, 0.4) is 0 Å². The minimum atomic E-state index is -0.377. The summed E-state index contributed by atoms with van der Waals surface area (Å²) in [6.07, 6.45) is 6.40. The molecule has 0 spiro atoms. The maximum atomic E-state index is 12.6. The van der Waals surface area contributed by atoms with Crippen molar-refractivity contribution >= 4 is 17.5 Å². The zero-order valence-electron chi connectivity index (χ0n) is 11.8. The summed E-state index contributed by atoms with van der Waals surface area (Å²) in [5.74, 6) is 0.0850. The Bertz CT molecular complexity index is 454. The van der Waals surface area contributed by atoms with Crippen molar-refractivity contribution in [3.05, 3.63) is 34.9 Å². The summed E-state index contributed by atoms with van der Waals surface area (Å²) in [7, 11) is 0. The second-order valence-corrected chi connectivity index (χ2v) is 6.08. The van der Waals surface area contributed by atoms with Crippen LogP contribution in [-0.2, 0) is 11.3 Å². The molecule has 1 fully saturated rings. The third kappa shape index (κ3) is 3.53. The Morgan fingerprint density at radius 2 is 1.85 bits per heavy atom. The molecule has 1 aromatic rings. The largest absolute Gasteiger partial charge is 0.351 e. The van der Waals surface area contributed by atoms with Crippen molar-refractivity contribution in [1.29, 1.82) is 0 Å². The molecule has 0 unspecified atom stereocenters. The van der Waals surface area contributed by atoms with Crippen LogP contribution in [0.15, 0.2) is 24.3 Å². The molecule has 0 bridgehead atoms. The summed E-state index contributed by atoms with van der Waals surface area (Å²) in [5.41, 5.74) is 6.49. The molecule has 3 nitrogen and oxygen atoms in total. The average molecular weight is 295 g/mol. The molecule has 0 saturated heterocycles. The number of hydrogen-bond donors (Lipinski definition) is 2. The van der Waals surface area contributed by atoms with Gasteiger partial charge in [0, 0.05) is 18.1 Å². The summed E-state index contributed by atoms with van der Waals surface area (Å²) in [6.45, 7) is 0.904. The van der Waals surface area contributed by atoms with E-state index in [1.807, 2.05) is 24.3 Å². The van der Waals surface area contributed by atoms with Crippen molar-refractivity contribution in [2.24, 2.45) is 11.1 Å². The van der Waals surface area contributed by atoms with Crippen LogP contribution in [0.4, 0.5) is 0 Å². The van der Waals surface area contributed by atoms with E-state index in [4.69, 9.17) is 17.3 Å². The van der Waals surface area contributed by atoms with Crippen LogP contribution in [0.2, 0.25) is 5.02 Å². The lowest BCUT2D eigenvalue weighted by Crippen LogP contribution is -2.45. The maximum Gasteiger partial charge on any atom is 0.227 e. The van der Waals surface area contributed by atoms with E-state index >= 15 is 0 Å². The van der Waals surface area contributed by atoms with Gasteiger partial charge in [0.1, 0.15) is 0 Å². The molecule has 1 amide bonds. The molecule has 0 radical (unpaired) electrons. The summed E-state index contributed by atoms with van der Waals surface area (Å²) in [4.78, 5) is 12.6. The number of nitrogens with two attached hydrogens (primary N) is 1. The Labute approximate surface area is 125 Å². The number of rotatable bonds is 4. The summed E-state index contributed by atoms with van der Waals surface area (Å²) in [5, 5.41) is 3.72. The normalized spacial score (nSPS) is 18.3. The Morgan fingerprint density at radius 3 is 2.45 bits per heavy atom. The van der Waals surface area contributed by atoms with Crippen LogP contribution >= 0.6 is 11.6 Å². The molecule has 1 aliphatic rings. The fourth-order valence-corrected chi connectivity index (χ4v) is 3.14. The average Bonchev–Trinajstić information content (AvgIpc) is 2.72. The molecule has 0 aromatic heterocycles. The quantitative estimate of drug-likeness (QED) is 0.838. The van der Waals surface area contributed by atoms with Gasteiger partial charge in [0.05, 0.1) is 5.41 Å². The fraction of sp³-hybridized carbons (Fsp3) is 0.562. The molecule has 110 valence electrons. The first kappa shape index (κ1) is 15.3. The zero-order valence-corrected chi connectivity index (χ0v) is 12.6. The molecule has 1 aliphatic carbocycles. The molecular weight excluding hydrogens is 272 g/mol. The van der Waals surface area contributed by atoms with E-state index in [0.29, 0.717) is 18.1 Å². The number of benzene rings is 1. The topological polar surface area (TPSA) is 55.1 Å². The van der Waals surface area contributed by atoms with Gasteiger partial charge in [-0.1, -0.05) is 55.5 Å². The highest BCUT2D eigenvalue weighted by molar-refractivity contribution is 6.31. The highest BCUT2D eigenvalue weighted by Gasteiger charge is 2.36. The highest BCUT2D eigenvalue weighted by atomic mass is 35.5. The first-order chi connectivity index (χ1) is 9.68. The van der Waals surface area contributed by atoms with Crippen molar-refractivity contribution < 1.29 is 4.79 Å².